The van der Waals surface area contributed by atoms with Gasteiger partial charge in [0.1, 0.15) is 0 Å². The van der Waals surface area contributed by atoms with Crippen molar-refractivity contribution in [2.45, 2.75) is 26.2 Å². The summed E-state index contributed by atoms with van der Waals surface area (Å²) in [5, 5.41) is 3.23. The second-order valence-electron chi connectivity index (χ2n) is 3.65. The van der Waals surface area contributed by atoms with Crippen LogP contribution < -0.4 is 5.32 Å². The highest BCUT2D eigenvalue weighted by atomic mass is 16.1. The number of carbonyl (C=O) groups excluding carboxylic acids is 1. The van der Waals surface area contributed by atoms with Crippen molar-refractivity contribution < 1.29 is 4.79 Å². The number of nitrogens with one attached hydrogen (secondary N) is 1. The lowest BCUT2D eigenvalue weighted by atomic mass is 9.78. The van der Waals surface area contributed by atoms with E-state index in [2.05, 4.69) is 11.2 Å². The van der Waals surface area contributed by atoms with E-state index in [0.717, 1.165) is 25.9 Å². The van der Waals surface area contributed by atoms with Crippen LogP contribution in [-0.4, -0.2) is 18.9 Å². The third-order valence-electron chi connectivity index (χ3n) is 2.53. The molecule has 66 valence electrons. The average molecular weight is 165 g/mol. The fourth-order valence-corrected chi connectivity index (χ4v) is 1.60. The second-order valence-corrected chi connectivity index (χ2v) is 3.65. The summed E-state index contributed by atoms with van der Waals surface area (Å²) >= 11 is 0. The molecule has 1 saturated heterocycles. The first-order valence-corrected chi connectivity index (χ1v) is 4.36. The van der Waals surface area contributed by atoms with Crippen LogP contribution in [0.1, 0.15) is 26.2 Å². The van der Waals surface area contributed by atoms with Crippen LogP contribution in [0, 0.1) is 17.8 Å². The predicted molar refractivity (Wildman–Crippen MR) is 48.7 cm³/mol. The minimum absolute atomic E-state index is 0.204. The van der Waals surface area contributed by atoms with Gasteiger partial charge >= 0.3 is 0 Å². The van der Waals surface area contributed by atoms with Crippen LogP contribution in [-0.2, 0) is 4.79 Å². The Labute approximate surface area is 73.7 Å². The Morgan fingerprint density at radius 2 is 2.50 bits per heavy atom. The third kappa shape index (κ3) is 1.86. The summed E-state index contributed by atoms with van der Waals surface area (Å²) in [6.07, 6.45) is 7.43. The summed E-state index contributed by atoms with van der Waals surface area (Å²) in [5.74, 6) is 2.62. The van der Waals surface area contributed by atoms with Crippen LogP contribution >= 0.6 is 0 Å². The molecule has 0 saturated carbocycles. The van der Waals surface area contributed by atoms with Crippen molar-refractivity contribution >= 4 is 5.78 Å². The first-order valence-electron chi connectivity index (χ1n) is 4.36. The number of rotatable bonds is 2. The standard InChI is InChI=1S/C10H15NO/c1-3-5-9(12)10(2)6-4-7-11-8-10/h1,11H,4-8H2,2H3. The van der Waals surface area contributed by atoms with Crippen molar-refractivity contribution in [1.82, 2.24) is 5.32 Å². The Kier molecular flexibility index (Phi) is 2.88. The molecule has 0 aromatic rings. The molecule has 0 aromatic heterocycles. The molecular weight excluding hydrogens is 150 g/mol. The molecule has 1 aliphatic heterocycles. The van der Waals surface area contributed by atoms with Crippen LogP contribution in [0.25, 0.3) is 0 Å². The third-order valence-corrected chi connectivity index (χ3v) is 2.53. The van der Waals surface area contributed by atoms with Gasteiger partial charge in [-0.15, -0.1) is 6.42 Å². The zero-order valence-electron chi connectivity index (χ0n) is 7.52. The van der Waals surface area contributed by atoms with E-state index in [1.54, 1.807) is 0 Å². The minimum Gasteiger partial charge on any atom is -0.316 e. The smallest absolute Gasteiger partial charge is 0.151 e. The Morgan fingerprint density at radius 3 is 3.00 bits per heavy atom. The van der Waals surface area contributed by atoms with Crippen LogP contribution in [0.4, 0.5) is 0 Å². The molecule has 1 N–H and O–H groups in total. The molecule has 2 heteroatoms. The maximum atomic E-state index is 11.5. The first kappa shape index (κ1) is 9.28. The lowest BCUT2D eigenvalue weighted by Gasteiger charge is -2.32. The van der Waals surface area contributed by atoms with Gasteiger partial charge in [0, 0.05) is 12.0 Å². The highest BCUT2D eigenvalue weighted by Gasteiger charge is 2.33. The first-order chi connectivity index (χ1) is 5.69. The Balaban J connectivity index is 2.57. The number of hydrogen-bond donors (Lipinski definition) is 1. The molecule has 1 fully saturated rings. The number of hydrogen-bond acceptors (Lipinski definition) is 2. The summed E-state index contributed by atoms with van der Waals surface area (Å²) < 4.78 is 0. The second kappa shape index (κ2) is 3.73. The van der Waals surface area contributed by atoms with Crippen molar-refractivity contribution in [2.75, 3.05) is 13.1 Å². The molecule has 0 aromatic carbocycles. The number of Topliss-reactive ketones (excluding diaryl/α,β-unsaturated/α-hetero) is 1. The topological polar surface area (TPSA) is 29.1 Å². The Hall–Kier alpha value is -0.810. The summed E-state index contributed by atoms with van der Waals surface area (Å²) in [6.45, 7) is 3.81. The SMILES string of the molecule is C#CCC(=O)C1(C)CCCNC1. The minimum atomic E-state index is -0.204. The van der Waals surface area contributed by atoms with Gasteiger partial charge < -0.3 is 5.32 Å². The zero-order chi connectivity index (χ0) is 9.03. The largest absolute Gasteiger partial charge is 0.316 e. The maximum Gasteiger partial charge on any atom is 0.151 e. The van der Waals surface area contributed by atoms with Crippen molar-refractivity contribution in [3.8, 4) is 12.3 Å². The molecule has 0 radical (unpaired) electrons. The molecule has 1 unspecified atom stereocenters. The van der Waals surface area contributed by atoms with E-state index in [4.69, 9.17) is 6.42 Å². The van der Waals surface area contributed by atoms with E-state index < -0.39 is 0 Å². The number of ketones is 1. The number of terminal acetylenes is 1. The maximum absolute atomic E-state index is 11.5. The molecule has 0 amide bonds. The van der Waals surface area contributed by atoms with E-state index in [-0.39, 0.29) is 17.6 Å². The van der Waals surface area contributed by atoms with Crippen LogP contribution in [0.5, 0.6) is 0 Å². The van der Waals surface area contributed by atoms with Crippen molar-refractivity contribution in [1.29, 1.82) is 0 Å². The quantitative estimate of drug-likeness (QED) is 0.618. The van der Waals surface area contributed by atoms with Crippen molar-refractivity contribution in [2.24, 2.45) is 5.41 Å². The van der Waals surface area contributed by atoms with E-state index in [9.17, 15) is 4.79 Å². The van der Waals surface area contributed by atoms with Gasteiger partial charge in [-0.3, -0.25) is 4.79 Å². The summed E-state index contributed by atoms with van der Waals surface area (Å²) in [6, 6.07) is 0. The normalized spacial score (nSPS) is 29.3. The Bertz CT molecular complexity index is 208. The molecular formula is C10H15NO. The molecule has 0 spiro atoms. The lowest BCUT2D eigenvalue weighted by molar-refractivity contribution is -0.127. The van der Waals surface area contributed by atoms with Gasteiger partial charge in [0.2, 0.25) is 0 Å². The van der Waals surface area contributed by atoms with Gasteiger partial charge in [-0.1, -0.05) is 12.8 Å². The van der Waals surface area contributed by atoms with Gasteiger partial charge in [0.25, 0.3) is 0 Å². The van der Waals surface area contributed by atoms with Crippen molar-refractivity contribution in [3.05, 3.63) is 0 Å². The fraction of sp³-hybridized carbons (Fsp3) is 0.700. The number of piperidine rings is 1. The number of carbonyl (C=O) groups is 1. The molecule has 1 atom stereocenters. The molecule has 1 rings (SSSR count). The van der Waals surface area contributed by atoms with Gasteiger partial charge in [-0.05, 0) is 19.4 Å². The molecule has 0 bridgehead atoms. The van der Waals surface area contributed by atoms with Crippen LogP contribution in [0.3, 0.4) is 0 Å². The Morgan fingerprint density at radius 1 is 1.75 bits per heavy atom. The van der Waals surface area contributed by atoms with Crippen molar-refractivity contribution in [3.63, 3.8) is 0 Å². The highest BCUT2D eigenvalue weighted by molar-refractivity contribution is 5.86. The zero-order valence-corrected chi connectivity index (χ0v) is 7.52. The molecule has 12 heavy (non-hydrogen) atoms. The highest BCUT2D eigenvalue weighted by Crippen LogP contribution is 2.27. The molecule has 2 nitrogen and oxygen atoms in total. The predicted octanol–water partition coefficient (Wildman–Crippen LogP) is 0.968. The summed E-state index contributed by atoms with van der Waals surface area (Å²) in [5.41, 5.74) is -0.204. The van der Waals surface area contributed by atoms with E-state index >= 15 is 0 Å². The summed E-state index contributed by atoms with van der Waals surface area (Å²) in [7, 11) is 0. The molecule has 1 aliphatic rings. The average Bonchev–Trinajstić information content (AvgIpc) is 2.06. The summed E-state index contributed by atoms with van der Waals surface area (Å²) in [4.78, 5) is 11.5. The molecule has 1 heterocycles. The van der Waals surface area contributed by atoms with Gasteiger partial charge in [0.15, 0.2) is 5.78 Å². The fourth-order valence-electron chi connectivity index (χ4n) is 1.60. The monoisotopic (exact) mass is 165 g/mol. The van der Waals surface area contributed by atoms with E-state index in [1.165, 1.54) is 0 Å². The van der Waals surface area contributed by atoms with Gasteiger partial charge in [-0.25, -0.2) is 0 Å². The van der Waals surface area contributed by atoms with E-state index in [1.807, 2.05) is 6.92 Å². The molecule has 0 aliphatic carbocycles. The lowest BCUT2D eigenvalue weighted by Crippen LogP contribution is -2.43. The van der Waals surface area contributed by atoms with Crippen LogP contribution in [0.15, 0.2) is 0 Å². The van der Waals surface area contributed by atoms with Gasteiger partial charge in [0.05, 0.1) is 6.42 Å². The van der Waals surface area contributed by atoms with Crippen LogP contribution in [0.2, 0.25) is 0 Å². The van der Waals surface area contributed by atoms with Gasteiger partial charge in [-0.2, -0.15) is 0 Å². The van der Waals surface area contributed by atoms with E-state index in [0.29, 0.717) is 0 Å².